The van der Waals surface area contributed by atoms with E-state index in [-0.39, 0.29) is 0 Å². The Hall–Kier alpha value is -0.100. The molecule has 0 aliphatic heterocycles. The number of methoxy groups -OCH3 is 2. The van der Waals surface area contributed by atoms with Crippen molar-refractivity contribution < 1.29 is 9.47 Å². The first-order valence-electron chi connectivity index (χ1n) is 5.32. The van der Waals surface area contributed by atoms with Gasteiger partial charge >= 0.3 is 0 Å². The normalized spacial score (nSPS) is 12.5. The van der Waals surface area contributed by atoms with Gasteiger partial charge in [0.1, 0.15) is 5.75 Å². The molecule has 1 aromatic rings. The van der Waals surface area contributed by atoms with Crippen LogP contribution in [0.2, 0.25) is 0 Å². The molecule has 17 heavy (non-hydrogen) atoms. The van der Waals surface area contributed by atoms with E-state index in [2.05, 4.69) is 50.2 Å². The second kappa shape index (κ2) is 7.36. The molecule has 0 amide bonds. The molecule has 5 heteroatoms. The molecule has 0 saturated heterocycles. The van der Waals surface area contributed by atoms with Gasteiger partial charge in [0.2, 0.25) is 0 Å². The lowest BCUT2D eigenvalue weighted by molar-refractivity contribution is 0.171. The van der Waals surface area contributed by atoms with Crippen LogP contribution >= 0.6 is 31.9 Å². The summed E-state index contributed by atoms with van der Waals surface area (Å²) in [6.45, 7) is 3.52. The summed E-state index contributed by atoms with van der Waals surface area (Å²) in [5, 5.41) is 3.38. The first-order chi connectivity index (χ1) is 8.08. The van der Waals surface area contributed by atoms with E-state index >= 15 is 0 Å². The maximum Gasteiger partial charge on any atom is 0.137 e. The first-order valence-corrected chi connectivity index (χ1v) is 6.91. The molecular weight excluding hydrogens is 350 g/mol. The molecule has 0 spiro atoms. The molecular formula is C12H17Br2NO2. The number of hydrogen-bond donors (Lipinski definition) is 1. The molecule has 0 aromatic heterocycles. The SMILES string of the molecule is COCC(C)NCc1cc(Br)cc(Br)c1OC. The van der Waals surface area contributed by atoms with E-state index in [0.29, 0.717) is 12.6 Å². The number of hydrogen-bond acceptors (Lipinski definition) is 3. The minimum absolute atomic E-state index is 0.308. The Balaban J connectivity index is 2.75. The summed E-state index contributed by atoms with van der Waals surface area (Å²) in [7, 11) is 3.38. The fraction of sp³-hybridized carbons (Fsp3) is 0.500. The van der Waals surface area contributed by atoms with Crippen molar-refractivity contribution in [2.24, 2.45) is 0 Å². The summed E-state index contributed by atoms with van der Waals surface area (Å²) < 4.78 is 12.4. The average molecular weight is 367 g/mol. The molecule has 0 fully saturated rings. The van der Waals surface area contributed by atoms with E-state index in [4.69, 9.17) is 9.47 Å². The first kappa shape index (κ1) is 15.0. The molecule has 1 aromatic carbocycles. The van der Waals surface area contributed by atoms with E-state index in [9.17, 15) is 0 Å². The van der Waals surface area contributed by atoms with Crippen LogP contribution in [0.25, 0.3) is 0 Å². The second-order valence-electron chi connectivity index (χ2n) is 3.82. The van der Waals surface area contributed by atoms with Crippen LogP contribution in [-0.4, -0.2) is 26.9 Å². The number of benzene rings is 1. The highest BCUT2D eigenvalue weighted by Gasteiger charge is 2.10. The fourth-order valence-corrected chi connectivity index (χ4v) is 3.04. The fourth-order valence-electron chi connectivity index (χ4n) is 1.57. The zero-order valence-electron chi connectivity index (χ0n) is 10.2. The van der Waals surface area contributed by atoms with Crippen molar-refractivity contribution in [3.05, 3.63) is 26.6 Å². The standard InChI is InChI=1S/C12H17Br2NO2/c1-8(7-16-2)15-6-9-4-10(13)5-11(14)12(9)17-3/h4-5,8,15H,6-7H2,1-3H3. The van der Waals surface area contributed by atoms with Crippen LogP contribution in [0.1, 0.15) is 12.5 Å². The Morgan fingerprint density at radius 2 is 2.00 bits per heavy atom. The van der Waals surface area contributed by atoms with Crippen molar-refractivity contribution in [3.63, 3.8) is 0 Å². The molecule has 0 heterocycles. The van der Waals surface area contributed by atoms with Gasteiger partial charge in [-0.3, -0.25) is 0 Å². The van der Waals surface area contributed by atoms with Crippen LogP contribution in [0.5, 0.6) is 5.75 Å². The summed E-state index contributed by atoms with van der Waals surface area (Å²) in [4.78, 5) is 0. The smallest absolute Gasteiger partial charge is 0.137 e. The molecule has 3 nitrogen and oxygen atoms in total. The minimum atomic E-state index is 0.308. The monoisotopic (exact) mass is 365 g/mol. The van der Waals surface area contributed by atoms with Crippen LogP contribution in [0.3, 0.4) is 0 Å². The summed E-state index contributed by atoms with van der Waals surface area (Å²) in [5.41, 5.74) is 1.11. The number of ether oxygens (including phenoxy) is 2. The van der Waals surface area contributed by atoms with Gasteiger partial charge in [-0.25, -0.2) is 0 Å². The lowest BCUT2D eigenvalue weighted by atomic mass is 10.2. The van der Waals surface area contributed by atoms with Crippen LogP contribution in [0.4, 0.5) is 0 Å². The van der Waals surface area contributed by atoms with Gasteiger partial charge in [-0.1, -0.05) is 15.9 Å². The summed E-state index contributed by atoms with van der Waals surface area (Å²) >= 11 is 6.96. The Bertz CT molecular complexity index is 372. The summed E-state index contributed by atoms with van der Waals surface area (Å²) in [6.07, 6.45) is 0. The van der Waals surface area contributed by atoms with Crippen LogP contribution < -0.4 is 10.1 Å². The average Bonchev–Trinajstić information content (AvgIpc) is 2.26. The van der Waals surface area contributed by atoms with Gasteiger partial charge in [0.05, 0.1) is 18.2 Å². The molecule has 1 atom stereocenters. The Morgan fingerprint density at radius 3 is 2.59 bits per heavy atom. The molecule has 0 bridgehead atoms. The van der Waals surface area contributed by atoms with Gasteiger partial charge in [0.15, 0.2) is 0 Å². The molecule has 1 rings (SSSR count). The van der Waals surface area contributed by atoms with E-state index in [1.165, 1.54) is 0 Å². The summed E-state index contributed by atoms with van der Waals surface area (Å²) in [5.74, 6) is 0.866. The lowest BCUT2D eigenvalue weighted by Gasteiger charge is -2.15. The molecule has 0 aliphatic rings. The van der Waals surface area contributed by atoms with Gasteiger partial charge in [0, 0.05) is 29.7 Å². The van der Waals surface area contributed by atoms with Crippen molar-refractivity contribution in [1.82, 2.24) is 5.32 Å². The van der Waals surface area contributed by atoms with Crippen molar-refractivity contribution in [3.8, 4) is 5.75 Å². The van der Waals surface area contributed by atoms with Gasteiger partial charge in [-0.2, -0.15) is 0 Å². The number of nitrogens with one attached hydrogen (secondary N) is 1. The molecule has 96 valence electrons. The summed E-state index contributed by atoms with van der Waals surface area (Å²) in [6, 6.07) is 4.33. The highest BCUT2D eigenvalue weighted by molar-refractivity contribution is 9.11. The molecule has 1 N–H and O–H groups in total. The molecule has 0 aliphatic carbocycles. The Labute approximate surface area is 119 Å². The zero-order valence-corrected chi connectivity index (χ0v) is 13.4. The van der Waals surface area contributed by atoms with Crippen LogP contribution in [-0.2, 0) is 11.3 Å². The van der Waals surface area contributed by atoms with Crippen LogP contribution in [0, 0.1) is 0 Å². The number of halogens is 2. The highest BCUT2D eigenvalue weighted by atomic mass is 79.9. The third-order valence-corrected chi connectivity index (χ3v) is 3.39. The second-order valence-corrected chi connectivity index (χ2v) is 5.59. The van der Waals surface area contributed by atoms with Crippen molar-refractivity contribution in [2.45, 2.75) is 19.5 Å². The van der Waals surface area contributed by atoms with Crippen molar-refractivity contribution >= 4 is 31.9 Å². The predicted octanol–water partition coefficient (Wildman–Crippen LogP) is 3.34. The van der Waals surface area contributed by atoms with Gasteiger partial charge in [-0.05, 0) is 35.0 Å². The van der Waals surface area contributed by atoms with Crippen molar-refractivity contribution in [2.75, 3.05) is 20.8 Å². The maximum absolute atomic E-state index is 5.38. The Morgan fingerprint density at radius 1 is 1.29 bits per heavy atom. The van der Waals surface area contributed by atoms with Gasteiger partial charge in [-0.15, -0.1) is 0 Å². The van der Waals surface area contributed by atoms with Gasteiger partial charge in [0.25, 0.3) is 0 Å². The third-order valence-electron chi connectivity index (χ3n) is 2.35. The maximum atomic E-state index is 5.38. The quantitative estimate of drug-likeness (QED) is 0.837. The highest BCUT2D eigenvalue weighted by Crippen LogP contribution is 2.32. The Kier molecular flexibility index (Phi) is 6.48. The topological polar surface area (TPSA) is 30.5 Å². The number of rotatable bonds is 6. The largest absolute Gasteiger partial charge is 0.495 e. The minimum Gasteiger partial charge on any atom is -0.495 e. The molecule has 0 saturated carbocycles. The third kappa shape index (κ3) is 4.58. The lowest BCUT2D eigenvalue weighted by Crippen LogP contribution is -2.29. The predicted molar refractivity (Wildman–Crippen MR) is 76.6 cm³/mol. The van der Waals surface area contributed by atoms with E-state index in [0.717, 1.165) is 26.8 Å². The van der Waals surface area contributed by atoms with Crippen LogP contribution in [0.15, 0.2) is 21.1 Å². The molecule has 0 radical (unpaired) electrons. The van der Waals surface area contributed by atoms with E-state index in [1.807, 2.05) is 6.07 Å². The van der Waals surface area contributed by atoms with E-state index in [1.54, 1.807) is 14.2 Å². The molecule has 1 unspecified atom stereocenters. The van der Waals surface area contributed by atoms with Gasteiger partial charge < -0.3 is 14.8 Å². The van der Waals surface area contributed by atoms with Crippen molar-refractivity contribution in [1.29, 1.82) is 0 Å². The zero-order chi connectivity index (χ0) is 12.8. The van der Waals surface area contributed by atoms with E-state index < -0.39 is 0 Å².